The van der Waals surface area contributed by atoms with E-state index in [0.29, 0.717) is 28.0 Å². The van der Waals surface area contributed by atoms with E-state index in [2.05, 4.69) is 4.90 Å². The van der Waals surface area contributed by atoms with Crippen LogP contribution in [-0.2, 0) is 37.3 Å². The maximum absolute atomic E-state index is 14.1. The minimum absolute atomic E-state index is 0.000676. The Kier molecular flexibility index (Phi) is 13.3. The molecule has 0 spiro atoms. The minimum atomic E-state index is -4.07. The molecule has 59 heavy (non-hydrogen) atoms. The molecule has 2 bridgehead atoms. The fraction of sp³-hybridized carbons (Fsp3) is 0.405. The second-order valence-electron chi connectivity index (χ2n) is 15.2. The average Bonchev–Trinajstić information content (AvgIpc) is 4.03. The third kappa shape index (κ3) is 10.8. The van der Waals surface area contributed by atoms with Gasteiger partial charge in [0.2, 0.25) is 10.0 Å². The summed E-state index contributed by atoms with van der Waals surface area (Å²) in [6, 6.07) is 17.5. The first-order valence-electron chi connectivity index (χ1n) is 19.2. The van der Waals surface area contributed by atoms with E-state index in [-0.39, 0.29) is 70.2 Å². The average molecular weight is 875 g/mol. The molecule has 4 fully saturated rings. The summed E-state index contributed by atoms with van der Waals surface area (Å²) < 4.78 is 78.0. The van der Waals surface area contributed by atoms with Crippen molar-refractivity contribution in [1.29, 1.82) is 0 Å². The highest BCUT2D eigenvalue weighted by molar-refractivity contribution is 7.88. The Bertz CT molecular complexity index is 2240. The molecular weight excluding hydrogens is 831 g/mol. The Hall–Kier alpha value is -4.54. The molecule has 1 aliphatic carbocycles. The molecular formula is C42H43Cl2F2N3O9S. The molecule has 3 aromatic carbocycles. The van der Waals surface area contributed by atoms with Crippen molar-refractivity contribution in [1.82, 2.24) is 9.21 Å². The number of carbonyl (C=O) groups excluding carboxylic acids is 2. The van der Waals surface area contributed by atoms with E-state index in [9.17, 15) is 32.0 Å². The number of pyridine rings is 1. The predicted molar refractivity (Wildman–Crippen MR) is 214 cm³/mol. The number of rotatable bonds is 17. The quantitative estimate of drug-likeness (QED) is 0.0604. The molecule has 0 amide bonds. The minimum Gasteiger partial charge on any atom is -0.619 e. The van der Waals surface area contributed by atoms with Crippen LogP contribution in [-0.4, -0.2) is 74.8 Å². The molecule has 314 valence electrons. The van der Waals surface area contributed by atoms with Gasteiger partial charge in [0.25, 0.3) is 0 Å². The SMILES string of the molecule is CS(=O)(=O)N(Cc1cccc(C(=O)O[C@@H](Cc2c(Cl)c[n+]([O-])cc2Cl)c2ccc(OC(F)F)c(OCC3CC3)c2)c1)C(C(=O)O[C@H]1CN2CCC1CC2)c1ccccc1. The largest absolute Gasteiger partial charge is 0.619 e. The first-order chi connectivity index (χ1) is 28.2. The summed E-state index contributed by atoms with van der Waals surface area (Å²) in [6.45, 7) is -0.690. The molecule has 0 radical (unpaired) electrons. The fourth-order valence-electron chi connectivity index (χ4n) is 7.55. The third-order valence-electron chi connectivity index (χ3n) is 10.8. The summed E-state index contributed by atoms with van der Waals surface area (Å²) in [7, 11) is -4.07. The van der Waals surface area contributed by atoms with Crippen LogP contribution in [0.15, 0.2) is 85.2 Å². The van der Waals surface area contributed by atoms with Gasteiger partial charge in [-0.15, -0.1) is 0 Å². The normalized spacial score (nSPS) is 19.9. The highest BCUT2D eigenvalue weighted by atomic mass is 35.5. The van der Waals surface area contributed by atoms with Crippen molar-refractivity contribution in [2.75, 3.05) is 32.5 Å². The number of carbonyl (C=O) groups is 2. The van der Waals surface area contributed by atoms with Crippen LogP contribution in [0.4, 0.5) is 8.78 Å². The topological polar surface area (TPSA) is 139 Å². The Balaban J connectivity index is 1.17. The first-order valence-corrected chi connectivity index (χ1v) is 21.8. The number of nitrogens with zero attached hydrogens (tertiary/aromatic N) is 3. The van der Waals surface area contributed by atoms with Gasteiger partial charge in [-0.05, 0) is 91.6 Å². The van der Waals surface area contributed by atoms with Gasteiger partial charge in [0.1, 0.15) is 28.3 Å². The molecule has 4 aliphatic rings. The lowest BCUT2D eigenvalue weighted by atomic mass is 9.86. The number of fused-ring (bicyclic) bond motifs is 3. The van der Waals surface area contributed by atoms with E-state index in [1.54, 1.807) is 42.5 Å². The van der Waals surface area contributed by atoms with Gasteiger partial charge in [0.15, 0.2) is 23.9 Å². The van der Waals surface area contributed by atoms with Gasteiger partial charge in [0.05, 0.1) is 18.4 Å². The van der Waals surface area contributed by atoms with Crippen LogP contribution in [0.1, 0.15) is 70.4 Å². The molecule has 0 N–H and O–H groups in total. The maximum atomic E-state index is 14.1. The van der Waals surface area contributed by atoms with Crippen LogP contribution in [0.25, 0.3) is 0 Å². The lowest BCUT2D eigenvalue weighted by Gasteiger charge is -2.44. The standard InChI is InChI=1S/C42H43Cl2F2N3O9S/c1-59(53,54)49(39(29-7-3-2-4-8-29)41(51)57-38-24-47-16-14-28(38)15-17-47)21-27-6-5-9-31(18-27)40(50)56-36(20-32-33(43)22-48(52)23-34(32)44)30-12-13-35(58-42(45)46)37(19-30)55-25-26-10-11-26/h2-9,12-13,18-19,22-23,26,28,36,38-39,42H,10-11,14-17,20-21,24-25H2,1H3/t36-,38-,39?/m0/s1. The highest BCUT2D eigenvalue weighted by Crippen LogP contribution is 2.39. The van der Waals surface area contributed by atoms with E-state index < -0.39 is 40.7 Å². The van der Waals surface area contributed by atoms with Gasteiger partial charge in [0, 0.05) is 25.1 Å². The zero-order chi connectivity index (χ0) is 41.8. The van der Waals surface area contributed by atoms with E-state index >= 15 is 0 Å². The van der Waals surface area contributed by atoms with Crippen molar-refractivity contribution < 1.29 is 50.5 Å². The van der Waals surface area contributed by atoms with E-state index in [4.69, 9.17) is 42.1 Å². The second kappa shape index (κ2) is 18.4. The van der Waals surface area contributed by atoms with Crippen molar-refractivity contribution in [3.05, 3.63) is 128 Å². The Morgan fingerprint density at radius 1 is 0.932 bits per heavy atom. The lowest BCUT2D eigenvalue weighted by molar-refractivity contribution is -0.605. The number of sulfonamides is 1. The molecule has 4 aromatic rings. The molecule has 1 aromatic heterocycles. The molecule has 3 aliphatic heterocycles. The van der Waals surface area contributed by atoms with E-state index in [1.807, 2.05) is 0 Å². The van der Waals surface area contributed by atoms with Crippen molar-refractivity contribution in [2.45, 2.75) is 63.5 Å². The molecule has 1 saturated carbocycles. The Morgan fingerprint density at radius 3 is 2.27 bits per heavy atom. The number of hydrogen-bond donors (Lipinski definition) is 0. The molecule has 1 unspecified atom stereocenters. The summed E-state index contributed by atoms with van der Waals surface area (Å²) in [5.41, 5.74) is 1.44. The first kappa shape index (κ1) is 42.6. The van der Waals surface area contributed by atoms with Gasteiger partial charge in [-0.3, -0.25) is 4.90 Å². The van der Waals surface area contributed by atoms with Crippen molar-refractivity contribution >= 4 is 45.2 Å². The van der Waals surface area contributed by atoms with Gasteiger partial charge < -0.3 is 24.2 Å². The molecule has 17 heteroatoms. The lowest BCUT2D eigenvalue weighted by Crippen LogP contribution is -2.52. The molecule has 4 heterocycles. The number of halogens is 4. The summed E-state index contributed by atoms with van der Waals surface area (Å²) >= 11 is 12.9. The van der Waals surface area contributed by atoms with E-state index in [0.717, 1.165) is 61.7 Å². The number of ether oxygens (including phenoxy) is 4. The highest BCUT2D eigenvalue weighted by Gasteiger charge is 2.41. The van der Waals surface area contributed by atoms with Crippen LogP contribution in [0.3, 0.4) is 0 Å². The summed E-state index contributed by atoms with van der Waals surface area (Å²) in [4.78, 5) is 30.4. The zero-order valence-electron chi connectivity index (χ0n) is 32.1. The summed E-state index contributed by atoms with van der Waals surface area (Å²) in [6.07, 6.45) is 5.23. The number of piperidine rings is 3. The monoisotopic (exact) mass is 873 g/mol. The van der Waals surface area contributed by atoms with Crippen molar-refractivity contribution in [3.8, 4) is 11.5 Å². The van der Waals surface area contributed by atoms with Crippen LogP contribution in [0.2, 0.25) is 10.0 Å². The number of aromatic nitrogens is 1. The van der Waals surface area contributed by atoms with Gasteiger partial charge in [-0.2, -0.15) is 17.8 Å². The maximum Gasteiger partial charge on any atom is 0.387 e. The van der Waals surface area contributed by atoms with Crippen LogP contribution >= 0.6 is 23.2 Å². The summed E-state index contributed by atoms with van der Waals surface area (Å²) in [5, 5.41) is 12.0. The number of benzene rings is 3. The Labute approximate surface area is 351 Å². The van der Waals surface area contributed by atoms with Gasteiger partial charge in [-0.25, -0.2) is 18.0 Å². The second-order valence-corrected chi connectivity index (χ2v) is 17.9. The van der Waals surface area contributed by atoms with Crippen molar-refractivity contribution in [2.24, 2.45) is 11.8 Å². The molecule has 12 nitrogen and oxygen atoms in total. The van der Waals surface area contributed by atoms with Gasteiger partial charge >= 0.3 is 18.6 Å². The summed E-state index contributed by atoms with van der Waals surface area (Å²) in [5.74, 6) is -1.24. The molecule has 3 atom stereocenters. The third-order valence-corrected chi connectivity index (χ3v) is 12.7. The molecule has 8 rings (SSSR count). The molecule has 3 saturated heterocycles. The van der Waals surface area contributed by atoms with Crippen LogP contribution in [0.5, 0.6) is 11.5 Å². The van der Waals surface area contributed by atoms with Crippen LogP contribution < -0.4 is 14.2 Å². The van der Waals surface area contributed by atoms with Crippen molar-refractivity contribution in [3.63, 3.8) is 0 Å². The van der Waals surface area contributed by atoms with Gasteiger partial charge in [-0.1, -0.05) is 71.7 Å². The Morgan fingerprint density at radius 2 is 1.64 bits per heavy atom. The predicted octanol–water partition coefficient (Wildman–Crippen LogP) is 7.30. The zero-order valence-corrected chi connectivity index (χ0v) is 34.4. The number of esters is 2. The number of alkyl halides is 2. The van der Waals surface area contributed by atoms with Crippen LogP contribution in [0, 0.1) is 17.0 Å². The smallest absolute Gasteiger partial charge is 0.387 e. The fourth-order valence-corrected chi connectivity index (χ4v) is 9.12. The van der Waals surface area contributed by atoms with E-state index in [1.165, 1.54) is 30.3 Å². The number of hydrogen-bond acceptors (Lipinski definition) is 10.